The Morgan fingerprint density at radius 1 is 1.37 bits per heavy atom. The summed E-state index contributed by atoms with van der Waals surface area (Å²) in [5, 5.41) is 17.7. The molecular formula is C13H14N4O2. The standard InChI is InChI=1S/C13H14N4O2/c18-13(19)10-5-1-2-6-11-15-16-12(17(10)11)9-4-3-7-14-8-9/h3-4,7-8,10H,1-2,5-6H2,(H,18,19). The van der Waals surface area contributed by atoms with Gasteiger partial charge in [0.15, 0.2) is 5.82 Å². The maximum Gasteiger partial charge on any atom is 0.326 e. The van der Waals surface area contributed by atoms with Crippen molar-refractivity contribution in [2.24, 2.45) is 0 Å². The molecule has 0 saturated heterocycles. The fraction of sp³-hybridized carbons (Fsp3) is 0.385. The first-order chi connectivity index (χ1) is 9.27. The van der Waals surface area contributed by atoms with Crippen LogP contribution in [-0.2, 0) is 11.2 Å². The van der Waals surface area contributed by atoms with Crippen molar-refractivity contribution in [1.82, 2.24) is 19.7 Å². The fourth-order valence-electron chi connectivity index (χ4n) is 2.50. The van der Waals surface area contributed by atoms with Crippen LogP contribution < -0.4 is 0 Å². The van der Waals surface area contributed by atoms with E-state index >= 15 is 0 Å². The molecule has 3 rings (SSSR count). The van der Waals surface area contributed by atoms with Gasteiger partial charge in [-0.3, -0.25) is 9.55 Å². The van der Waals surface area contributed by atoms with E-state index in [4.69, 9.17) is 0 Å². The summed E-state index contributed by atoms with van der Waals surface area (Å²) >= 11 is 0. The van der Waals surface area contributed by atoms with Crippen molar-refractivity contribution < 1.29 is 9.90 Å². The average molecular weight is 258 g/mol. The molecule has 1 unspecified atom stereocenters. The van der Waals surface area contributed by atoms with Crippen molar-refractivity contribution in [3.63, 3.8) is 0 Å². The Bertz CT molecular complexity index is 594. The number of aryl methyl sites for hydroxylation is 1. The lowest BCUT2D eigenvalue weighted by Crippen LogP contribution is -2.20. The molecule has 3 heterocycles. The monoisotopic (exact) mass is 258 g/mol. The minimum absolute atomic E-state index is 0.581. The van der Waals surface area contributed by atoms with Gasteiger partial charge >= 0.3 is 5.97 Å². The summed E-state index contributed by atoms with van der Waals surface area (Å²) in [6, 6.07) is 3.10. The molecule has 19 heavy (non-hydrogen) atoms. The average Bonchev–Trinajstić information content (AvgIpc) is 2.72. The van der Waals surface area contributed by atoms with Crippen LogP contribution in [0.15, 0.2) is 24.5 Å². The molecule has 0 amide bonds. The highest BCUT2D eigenvalue weighted by Crippen LogP contribution is 2.29. The predicted octanol–water partition coefficient (Wildman–Crippen LogP) is 1.69. The number of hydrogen-bond acceptors (Lipinski definition) is 4. The van der Waals surface area contributed by atoms with Gasteiger partial charge in [0.05, 0.1) is 0 Å². The molecule has 1 aliphatic heterocycles. The van der Waals surface area contributed by atoms with Gasteiger partial charge in [-0.2, -0.15) is 0 Å². The second-order valence-corrected chi connectivity index (χ2v) is 4.65. The molecule has 0 bridgehead atoms. The van der Waals surface area contributed by atoms with Crippen molar-refractivity contribution in [3.05, 3.63) is 30.4 Å². The highest BCUT2D eigenvalue weighted by atomic mass is 16.4. The van der Waals surface area contributed by atoms with Gasteiger partial charge in [-0.05, 0) is 25.0 Å². The summed E-state index contributed by atoms with van der Waals surface area (Å²) in [4.78, 5) is 15.5. The van der Waals surface area contributed by atoms with Crippen LogP contribution in [0.4, 0.5) is 0 Å². The van der Waals surface area contributed by atoms with E-state index in [0.717, 1.165) is 30.7 Å². The lowest BCUT2D eigenvalue weighted by Gasteiger charge is -2.15. The van der Waals surface area contributed by atoms with E-state index in [9.17, 15) is 9.90 Å². The molecule has 0 saturated carbocycles. The Hall–Kier alpha value is -2.24. The van der Waals surface area contributed by atoms with Crippen LogP contribution in [-0.4, -0.2) is 30.8 Å². The van der Waals surface area contributed by atoms with E-state index in [1.807, 2.05) is 12.1 Å². The van der Waals surface area contributed by atoms with Crippen molar-refractivity contribution >= 4 is 5.97 Å². The molecule has 0 radical (unpaired) electrons. The number of aliphatic carboxylic acids is 1. The molecule has 6 nitrogen and oxygen atoms in total. The number of fused-ring (bicyclic) bond motifs is 1. The van der Waals surface area contributed by atoms with Crippen molar-refractivity contribution in [3.8, 4) is 11.4 Å². The maximum absolute atomic E-state index is 11.5. The number of aromatic nitrogens is 4. The van der Waals surface area contributed by atoms with Crippen LogP contribution in [0.2, 0.25) is 0 Å². The Labute approximate surface area is 110 Å². The minimum atomic E-state index is -0.826. The zero-order valence-corrected chi connectivity index (χ0v) is 10.4. The Morgan fingerprint density at radius 3 is 3.00 bits per heavy atom. The lowest BCUT2D eigenvalue weighted by molar-refractivity contribution is -0.141. The minimum Gasteiger partial charge on any atom is -0.480 e. The SMILES string of the molecule is O=C(O)C1CCCCc2nnc(-c3cccnc3)n21. The molecule has 1 atom stereocenters. The molecule has 1 aliphatic rings. The molecule has 98 valence electrons. The molecule has 0 spiro atoms. The van der Waals surface area contributed by atoms with Gasteiger partial charge in [-0.25, -0.2) is 4.79 Å². The number of hydrogen-bond donors (Lipinski definition) is 1. The second kappa shape index (κ2) is 4.79. The van der Waals surface area contributed by atoms with E-state index < -0.39 is 12.0 Å². The largest absolute Gasteiger partial charge is 0.480 e. The number of carboxylic acid groups (broad SMARTS) is 1. The van der Waals surface area contributed by atoms with Crippen LogP contribution in [0.5, 0.6) is 0 Å². The van der Waals surface area contributed by atoms with Crippen LogP contribution in [0, 0.1) is 0 Å². The summed E-state index contributed by atoms with van der Waals surface area (Å²) in [7, 11) is 0. The van der Waals surface area contributed by atoms with E-state index in [0.29, 0.717) is 12.2 Å². The Balaban J connectivity index is 2.13. The van der Waals surface area contributed by atoms with Crippen molar-refractivity contribution in [2.75, 3.05) is 0 Å². The van der Waals surface area contributed by atoms with Gasteiger partial charge in [0.2, 0.25) is 0 Å². The summed E-state index contributed by atoms with van der Waals surface area (Å²) in [6.45, 7) is 0. The molecule has 1 N–H and O–H groups in total. The summed E-state index contributed by atoms with van der Waals surface area (Å²) in [6.07, 6.45) is 6.60. The van der Waals surface area contributed by atoms with Gasteiger partial charge in [0, 0.05) is 24.4 Å². The predicted molar refractivity (Wildman–Crippen MR) is 67.5 cm³/mol. The molecule has 2 aromatic heterocycles. The van der Waals surface area contributed by atoms with Crippen molar-refractivity contribution in [1.29, 1.82) is 0 Å². The van der Waals surface area contributed by atoms with Gasteiger partial charge < -0.3 is 5.11 Å². The van der Waals surface area contributed by atoms with Gasteiger partial charge in [0.1, 0.15) is 11.9 Å². The molecule has 0 aromatic carbocycles. The molecule has 2 aromatic rings. The van der Waals surface area contributed by atoms with Crippen molar-refractivity contribution in [2.45, 2.75) is 31.7 Å². The number of carboxylic acids is 1. The first-order valence-corrected chi connectivity index (χ1v) is 6.34. The highest BCUT2D eigenvalue weighted by Gasteiger charge is 2.28. The highest BCUT2D eigenvalue weighted by molar-refractivity contribution is 5.73. The first-order valence-electron chi connectivity index (χ1n) is 6.34. The van der Waals surface area contributed by atoms with Gasteiger partial charge in [-0.15, -0.1) is 10.2 Å². The summed E-state index contributed by atoms with van der Waals surface area (Å²) in [5.41, 5.74) is 0.800. The Kier molecular flexibility index (Phi) is 2.98. The smallest absolute Gasteiger partial charge is 0.326 e. The van der Waals surface area contributed by atoms with E-state index in [2.05, 4.69) is 15.2 Å². The first kappa shape index (κ1) is 11.8. The zero-order chi connectivity index (χ0) is 13.2. The van der Waals surface area contributed by atoms with Crippen LogP contribution in [0.3, 0.4) is 0 Å². The third kappa shape index (κ3) is 2.09. The third-order valence-electron chi connectivity index (χ3n) is 3.41. The molecule has 6 heteroatoms. The lowest BCUT2D eigenvalue weighted by atomic mass is 10.1. The molecular weight excluding hydrogens is 244 g/mol. The molecule has 0 aliphatic carbocycles. The summed E-state index contributed by atoms with van der Waals surface area (Å²) < 4.78 is 1.76. The molecule has 0 fully saturated rings. The third-order valence-corrected chi connectivity index (χ3v) is 3.41. The number of nitrogens with zero attached hydrogens (tertiary/aromatic N) is 4. The quantitative estimate of drug-likeness (QED) is 0.886. The number of carbonyl (C=O) groups is 1. The Morgan fingerprint density at radius 2 is 2.26 bits per heavy atom. The summed E-state index contributed by atoms with van der Waals surface area (Å²) in [5.74, 6) is 0.522. The zero-order valence-electron chi connectivity index (χ0n) is 10.4. The number of rotatable bonds is 2. The van der Waals surface area contributed by atoms with E-state index in [-0.39, 0.29) is 0 Å². The van der Waals surface area contributed by atoms with Gasteiger partial charge in [-0.1, -0.05) is 6.42 Å². The maximum atomic E-state index is 11.5. The van der Waals surface area contributed by atoms with E-state index in [1.54, 1.807) is 17.0 Å². The second-order valence-electron chi connectivity index (χ2n) is 4.65. The number of pyridine rings is 1. The topological polar surface area (TPSA) is 80.9 Å². The van der Waals surface area contributed by atoms with Crippen LogP contribution >= 0.6 is 0 Å². The van der Waals surface area contributed by atoms with E-state index in [1.165, 1.54) is 0 Å². The van der Waals surface area contributed by atoms with Gasteiger partial charge in [0.25, 0.3) is 0 Å². The fourth-order valence-corrected chi connectivity index (χ4v) is 2.50. The van der Waals surface area contributed by atoms with Crippen LogP contribution in [0.1, 0.15) is 31.1 Å². The normalized spacial score (nSPS) is 18.6. The van der Waals surface area contributed by atoms with Crippen LogP contribution in [0.25, 0.3) is 11.4 Å².